The van der Waals surface area contributed by atoms with Gasteiger partial charge in [0.25, 0.3) is 5.88 Å². The summed E-state index contributed by atoms with van der Waals surface area (Å²) in [7, 11) is 0. The molecule has 0 atom stereocenters. The van der Waals surface area contributed by atoms with Crippen LogP contribution in [0.4, 0.5) is 28.6 Å². The largest absolute Gasteiger partial charge is 0.479 e. The fraction of sp³-hybridized carbons (Fsp3) is 0.476. The van der Waals surface area contributed by atoms with E-state index in [9.17, 15) is 22.8 Å². The Labute approximate surface area is 194 Å². The Morgan fingerprint density at radius 2 is 1.42 bits per heavy atom. The number of carbonyl (C=O) groups excluding carboxylic acids is 2. The smallest absolute Gasteiger partial charge is 0.443 e. The van der Waals surface area contributed by atoms with Crippen LogP contribution in [0.15, 0.2) is 30.3 Å². The van der Waals surface area contributed by atoms with Crippen LogP contribution in [-0.2, 0) is 9.47 Å². The lowest BCUT2D eigenvalue weighted by atomic mass is 10.2. The average molecular weight is 490 g/mol. The van der Waals surface area contributed by atoms with Crippen molar-refractivity contribution < 1.29 is 36.4 Å². The summed E-state index contributed by atoms with van der Waals surface area (Å²) < 4.78 is 54.9. The number of para-hydroxylation sites is 1. The summed E-state index contributed by atoms with van der Waals surface area (Å²) in [5.74, 6) is -0.615. The fourth-order valence-corrected chi connectivity index (χ4v) is 2.84. The first-order chi connectivity index (χ1) is 15.0. The van der Waals surface area contributed by atoms with E-state index in [4.69, 9.17) is 13.7 Å². The zero-order chi connectivity index (χ0) is 25.2. The maximum absolute atomic E-state index is 13.1. The SMILES string of the molecule is Cc1c(OSC(F)(F)F)nn(-c2ccccc2)c1N(C(=O)OC(C)(C)C)C(=O)OC(C)(C)C. The van der Waals surface area contributed by atoms with Gasteiger partial charge in [0.1, 0.15) is 11.2 Å². The highest BCUT2D eigenvalue weighted by Gasteiger charge is 2.39. The second-order valence-electron chi connectivity index (χ2n) is 8.91. The quantitative estimate of drug-likeness (QED) is 0.459. The third-order valence-corrected chi connectivity index (χ3v) is 4.06. The Morgan fingerprint density at radius 1 is 0.939 bits per heavy atom. The third kappa shape index (κ3) is 7.58. The molecule has 0 unspecified atom stereocenters. The molecule has 1 aromatic carbocycles. The fourth-order valence-electron chi connectivity index (χ4n) is 2.51. The molecule has 0 aliphatic rings. The van der Waals surface area contributed by atoms with Crippen molar-refractivity contribution in [3.8, 4) is 11.6 Å². The van der Waals surface area contributed by atoms with E-state index in [-0.39, 0.29) is 11.4 Å². The average Bonchev–Trinajstić information content (AvgIpc) is 2.94. The Kier molecular flexibility index (Phi) is 7.62. The molecule has 0 saturated carbocycles. The molecule has 12 heteroatoms. The maximum Gasteiger partial charge on any atom is 0.479 e. The van der Waals surface area contributed by atoms with Crippen LogP contribution in [0, 0.1) is 6.92 Å². The van der Waals surface area contributed by atoms with Crippen LogP contribution >= 0.6 is 12.0 Å². The molecule has 2 aromatic rings. The van der Waals surface area contributed by atoms with Crippen LogP contribution in [0.25, 0.3) is 5.69 Å². The van der Waals surface area contributed by atoms with Crippen molar-refractivity contribution in [2.75, 3.05) is 4.90 Å². The Bertz CT molecular complexity index is 968. The Balaban J connectivity index is 2.69. The first-order valence-corrected chi connectivity index (χ1v) is 10.6. The van der Waals surface area contributed by atoms with Crippen molar-refractivity contribution in [3.05, 3.63) is 35.9 Å². The first-order valence-electron chi connectivity index (χ1n) is 9.82. The summed E-state index contributed by atoms with van der Waals surface area (Å²) >= 11 is -0.760. The normalized spacial score (nSPS) is 12.3. The molecule has 2 rings (SSSR count). The predicted octanol–water partition coefficient (Wildman–Crippen LogP) is 6.40. The molecule has 0 aliphatic heterocycles. The highest BCUT2D eigenvalue weighted by molar-refractivity contribution is 7.95. The monoisotopic (exact) mass is 489 g/mol. The number of carbonyl (C=O) groups is 2. The number of alkyl halides is 3. The molecule has 0 radical (unpaired) electrons. The van der Waals surface area contributed by atoms with Gasteiger partial charge in [-0.05, 0) is 60.6 Å². The highest BCUT2D eigenvalue weighted by Crippen LogP contribution is 2.38. The highest BCUT2D eigenvalue weighted by atomic mass is 32.2. The summed E-state index contributed by atoms with van der Waals surface area (Å²) in [5.41, 5.74) is -6.30. The number of halogens is 3. The van der Waals surface area contributed by atoms with E-state index < -0.39 is 46.8 Å². The Hall–Kier alpha value is -2.89. The van der Waals surface area contributed by atoms with E-state index in [1.807, 2.05) is 0 Å². The number of anilines is 1. The zero-order valence-electron chi connectivity index (χ0n) is 19.3. The number of amides is 2. The minimum absolute atomic E-state index is 0.00711. The van der Waals surface area contributed by atoms with Crippen molar-refractivity contribution >= 4 is 30.0 Å². The van der Waals surface area contributed by atoms with E-state index in [0.717, 1.165) is 4.68 Å². The van der Waals surface area contributed by atoms with E-state index in [1.165, 1.54) is 6.92 Å². The standard InChI is InChI=1S/C21H26F3N3O5S/c1-13-15(32-33-21(22,23)24)25-27(14-11-9-8-10-12-14)16(13)26(17(28)30-19(2,3)4)18(29)31-20(5,6)7/h8-12H,1-7H3. The van der Waals surface area contributed by atoms with E-state index in [1.54, 1.807) is 71.9 Å². The van der Waals surface area contributed by atoms with Gasteiger partial charge in [-0.15, -0.1) is 5.10 Å². The minimum atomic E-state index is -4.70. The molecule has 1 heterocycles. The topological polar surface area (TPSA) is 82.9 Å². The summed E-state index contributed by atoms with van der Waals surface area (Å²) in [4.78, 5) is 26.8. The molecule has 0 aliphatic carbocycles. The summed E-state index contributed by atoms with van der Waals surface area (Å²) in [6.45, 7) is 11.0. The van der Waals surface area contributed by atoms with Gasteiger partial charge < -0.3 is 13.7 Å². The number of benzene rings is 1. The molecule has 182 valence electrons. The number of aromatic nitrogens is 2. The van der Waals surface area contributed by atoms with Gasteiger partial charge in [0.15, 0.2) is 17.9 Å². The number of hydrogen-bond acceptors (Lipinski definition) is 7. The van der Waals surface area contributed by atoms with Crippen LogP contribution in [0.3, 0.4) is 0 Å². The molecule has 0 fully saturated rings. The second-order valence-corrected chi connectivity index (χ2v) is 9.71. The van der Waals surface area contributed by atoms with Crippen molar-refractivity contribution in [1.29, 1.82) is 0 Å². The van der Waals surface area contributed by atoms with Gasteiger partial charge in [0.05, 0.1) is 11.3 Å². The van der Waals surface area contributed by atoms with Gasteiger partial charge in [0.2, 0.25) is 0 Å². The molecule has 2 amide bonds. The number of hydrogen-bond donors (Lipinski definition) is 0. The van der Waals surface area contributed by atoms with Gasteiger partial charge in [0, 0.05) is 0 Å². The molecule has 1 aromatic heterocycles. The minimum Gasteiger partial charge on any atom is -0.443 e. The molecule has 0 spiro atoms. The van der Waals surface area contributed by atoms with Gasteiger partial charge in [-0.25, -0.2) is 14.3 Å². The van der Waals surface area contributed by atoms with Gasteiger partial charge in [-0.3, -0.25) is 0 Å². The van der Waals surface area contributed by atoms with Crippen LogP contribution in [0.1, 0.15) is 47.1 Å². The molecule has 33 heavy (non-hydrogen) atoms. The van der Waals surface area contributed by atoms with Crippen molar-refractivity contribution in [1.82, 2.24) is 9.78 Å². The lowest BCUT2D eigenvalue weighted by Gasteiger charge is -2.29. The van der Waals surface area contributed by atoms with Crippen molar-refractivity contribution in [2.24, 2.45) is 0 Å². The maximum atomic E-state index is 13.1. The van der Waals surface area contributed by atoms with E-state index in [0.29, 0.717) is 10.6 Å². The van der Waals surface area contributed by atoms with Crippen LogP contribution in [0.5, 0.6) is 5.88 Å². The molecule has 0 N–H and O–H groups in total. The number of imide groups is 1. The molecular formula is C21H26F3N3O5S. The zero-order valence-corrected chi connectivity index (χ0v) is 20.1. The van der Waals surface area contributed by atoms with E-state index in [2.05, 4.69) is 5.10 Å². The number of ether oxygens (including phenoxy) is 2. The van der Waals surface area contributed by atoms with Crippen molar-refractivity contribution in [2.45, 2.75) is 65.2 Å². The number of nitrogens with zero attached hydrogens (tertiary/aromatic N) is 3. The predicted molar refractivity (Wildman–Crippen MR) is 118 cm³/mol. The van der Waals surface area contributed by atoms with Crippen LogP contribution in [0.2, 0.25) is 0 Å². The summed E-state index contributed by atoms with van der Waals surface area (Å²) in [6.07, 6.45) is -2.18. The van der Waals surface area contributed by atoms with Gasteiger partial charge >= 0.3 is 17.7 Å². The summed E-state index contributed by atoms with van der Waals surface area (Å²) in [6, 6.07) is 8.23. The Morgan fingerprint density at radius 3 is 1.85 bits per heavy atom. The molecule has 0 bridgehead atoms. The molecular weight excluding hydrogens is 463 g/mol. The van der Waals surface area contributed by atoms with E-state index >= 15 is 0 Å². The lowest BCUT2D eigenvalue weighted by Crippen LogP contribution is -2.45. The first kappa shape index (κ1) is 26.4. The van der Waals surface area contributed by atoms with Gasteiger partial charge in [-0.2, -0.15) is 18.1 Å². The third-order valence-electron chi connectivity index (χ3n) is 3.63. The van der Waals surface area contributed by atoms with Crippen LogP contribution in [-0.4, -0.2) is 38.7 Å². The molecule has 0 saturated heterocycles. The van der Waals surface area contributed by atoms with Gasteiger partial charge in [-0.1, -0.05) is 18.2 Å². The van der Waals surface area contributed by atoms with Crippen molar-refractivity contribution in [3.63, 3.8) is 0 Å². The molecule has 8 nitrogen and oxygen atoms in total. The number of rotatable bonds is 4. The summed E-state index contributed by atoms with van der Waals surface area (Å²) in [5, 5.41) is 4.08. The second kappa shape index (κ2) is 9.54. The lowest BCUT2D eigenvalue weighted by molar-refractivity contribution is -0.0371. The van der Waals surface area contributed by atoms with Crippen LogP contribution < -0.4 is 9.08 Å².